The Labute approximate surface area is 97.0 Å². The Balaban J connectivity index is 1.90. The van der Waals surface area contributed by atoms with Crippen LogP contribution < -0.4 is 0 Å². The first-order valence-electron chi connectivity index (χ1n) is 4.80. The number of hydrogen-bond acceptors (Lipinski definition) is 6. The van der Waals surface area contributed by atoms with E-state index in [9.17, 15) is 14.3 Å². The van der Waals surface area contributed by atoms with E-state index in [0.29, 0.717) is 6.61 Å². The number of hydrogen-bond donors (Lipinski definition) is 1. The Kier molecular flexibility index (Phi) is 3.54. The first-order valence-corrected chi connectivity index (χ1v) is 6.29. The van der Waals surface area contributed by atoms with Crippen molar-refractivity contribution in [2.45, 2.75) is 6.10 Å². The van der Waals surface area contributed by atoms with E-state index in [2.05, 4.69) is 14.0 Å². The van der Waals surface area contributed by atoms with E-state index in [1.807, 2.05) is 0 Å². The molecule has 0 aliphatic carbocycles. The van der Waals surface area contributed by atoms with Gasteiger partial charge in [0.05, 0.1) is 18.8 Å². The van der Waals surface area contributed by atoms with Crippen LogP contribution in [-0.2, 0) is 18.3 Å². The van der Waals surface area contributed by atoms with Gasteiger partial charge in [0.2, 0.25) is 0 Å². The summed E-state index contributed by atoms with van der Waals surface area (Å²) in [5.41, 5.74) is 0.0769. The SMILES string of the molecule is O=C(OP(=O)(O)OCC1CO1)c1cccnc1. The quantitative estimate of drug-likeness (QED) is 0.615. The molecule has 1 saturated heterocycles. The standard InChI is InChI=1S/C9H10NO6P/c11-9(7-2-1-3-10-4-7)16-17(12,13)15-6-8-5-14-8/h1-4,8H,5-6H2,(H,12,13). The maximum absolute atomic E-state index is 11.4. The van der Waals surface area contributed by atoms with Gasteiger partial charge in [0.1, 0.15) is 6.10 Å². The molecule has 0 aromatic carbocycles. The second-order valence-corrected chi connectivity index (χ2v) is 4.72. The fourth-order valence-electron chi connectivity index (χ4n) is 1.01. The third kappa shape index (κ3) is 3.90. The number of epoxide rings is 1. The average Bonchev–Trinajstić information content (AvgIpc) is 3.11. The van der Waals surface area contributed by atoms with Gasteiger partial charge in [-0.25, -0.2) is 9.36 Å². The molecule has 2 rings (SSSR count). The molecule has 1 fully saturated rings. The lowest BCUT2D eigenvalue weighted by atomic mass is 10.3. The second-order valence-electron chi connectivity index (χ2n) is 3.34. The number of pyridine rings is 1. The molecule has 0 amide bonds. The lowest BCUT2D eigenvalue weighted by molar-refractivity contribution is 0.0635. The van der Waals surface area contributed by atoms with Gasteiger partial charge < -0.3 is 9.26 Å². The Morgan fingerprint density at radius 1 is 1.71 bits per heavy atom. The Morgan fingerprint density at radius 3 is 3.06 bits per heavy atom. The first-order chi connectivity index (χ1) is 8.07. The zero-order valence-electron chi connectivity index (χ0n) is 8.68. The predicted molar refractivity (Wildman–Crippen MR) is 55.2 cm³/mol. The van der Waals surface area contributed by atoms with Crippen molar-refractivity contribution in [2.75, 3.05) is 13.2 Å². The van der Waals surface area contributed by atoms with Crippen LogP contribution in [0, 0.1) is 0 Å². The average molecular weight is 259 g/mol. The highest BCUT2D eigenvalue weighted by Crippen LogP contribution is 2.44. The van der Waals surface area contributed by atoms with Gasteiger partial charge in [-0.05, 0) is 12.1 Å². The van der Waals surface area contributed by atoms with Crippen molar-refractivity contribution in [2.24, 2.45) is 0 Å². The number of phosphoric ester groups is 1. The van der Waals surface area contributed by atoms with Gasteiger partial charge in [-0.1, -0.05) is 0 Å². The number of nitrogens with zero attached hydrogens (tertiary/aromatic N) is 1. The molecular formula is C9H10NO6P. The van der Waals surface area contributed by atoms with Crippen molar-refractivity contribution in [1.29, 1.82) is 0 Å². The fourth-order valence-corrected chi connectivity index (χ4v) is 1.73. The first kappa shape index (κ1) is 12.2. The van der Waals surface area contributed by atoms with Crippen molar-refractivity contribution in [1.82, 2.24) is 4.98 Å². The molecule has 8 heteroatoms. The molecule has 92 valence electrons. The predicted octanol–water partition coefficient (Wildman–Crippen LogP) is 0.754. The molecule has 2 heterocycles. The van der Waals surface area contributed by atoms with Gasteiger partial charge in [0, 0.05) is 12.4 Å². The number of carbonyl (C=O) groups excluding carboxylic acids is 1. The van der Waals surface area contributed by atoms with Crippen molar-refractivity contribution >= 4 is 13.8 Å². The molecular weight excluding hydrogens is 249 g/mol. The van der Waals surface area contributed by atoms with E-state index in [4.69, 9.17) is 4.74 Å². The van der Waals surface area contributed by atoms with Gasteiger partial charge >= 0.3 is 13.8 Å². The molecule has 1 aliphatic rings. The zero-order valence-corrected chi connectivity index (χ0v) is 9.58. The van der Waals surface area contributed by atoms with Gasteiger partial charge in [-0.2, -0.15) is 0 Å². The molecule has 1 aromatic rings. The van der Waals surface area contributed by atoms with Crippen molar-refractivity contribution in [3.05, 3.63) is 30.1 Å². The third-order valence-electron chi connectivity index (χ3n) is 1.92. The summed E-state index contributed by atoms with van der Waals surface area (Å²) in [6, 6.07) is 2.93. The number of phosphoric acid groups is 1. The summed E-state index contributed by atoms with van der Waals surface area (Å²) in [6.45, 7) is 0.407. The minimum atomic E-state index is -4.39. The molecule has 2 unspecified atom stereocenters. The van der Waals surface area contributed by atoms with Crippen LogP contribution in [0.2, 0.25) is 0 Å². The van der Waals surface area contributed by atoms with E-state index >= 15 is 0 Å². The van der Waals surface area contributed by atoms with E-state index in [-0.39, 0.29) is 18.3 Å². The van der Waals surface area contributed by atoms with Crippen molar-refractivity contribution < 1.29 is 28.0 Å². The number of aromatic nitrogens is 1. The number of rotatable bonds is 5. The lowest BCUT2D eigenvalue weighted by Gasteiger charge is -2.10. The molecule has 17 heavy (non-hydrogen) atoms. The highest BCUT2D eigenvalue weighted by atomic mass is 31.2. The summed E-state index contributed by atoms with van der Waals surface area (Å²) in [7, 11) is -4.39. The topological polar surface area (TPSA) is 98.3 Å². The zero-order chi connectivity index (χ0) is 12.3. The minimum absolute atomic E-state index is 0.0753. The molecule has 0 bridgehead atoms. The maximum atomic E-state index is 11.4. The monoisotopic (exact) mass is 259 g/mol. The van der Waals surface area contributed by atoms with E-state index in [1.54, 1.807) is 0 Å². The van der Waals surface area contributed by atoms with Gasteiger partial charge in [-0.3, -0.25) is 14.4 Å². The molecule has 1 aromatic heterocycles. The highest BCUT2D eigenvalue weighted by Gasteiger charge is 2.32. The number of carbonyl (C=O) groups is 1. The summed E-state index contributed by atoms with van der Waals surface area (Å²) in [5.74, 6) is -0.958. The second kappa shape index (κ2) is 4.93. The van der Waals surface area contributed by atoms with Crippen LogP contribution in [-0.4, -0.2) is 35.2 Å². The molecule has 0 spiro atoms. The van der Waals surface area contributed by atoms with Crippen LogP contribution in [0.5, 0.6) is 0 Å². The van der Waals surface area contributed by atoms with E-state index in [1.165, 1.54) is 24.5 Å². The summed E-state index contributed by atoms with van der Waals surface area (Å²) in [5, 5.41) is 0. The summed E-state index contributed by atoms with van der Waals surface area (Å²) in [4.78, 5) is 24.3. The van der Waals surface area contributed by atoms with Crippen LogP contribution in [0.3, 0.4) is 0 Å². The lowest BCUT2D eigenvalue weighted by Crippen LogP contribution is -2.07. The van der Waals surface area contributed by atoms with E-state index in [0.717, 1.165) is 0 Å². The molecule has 1 aliphatic heterocycles. The number of ether oxygens (including phenoxy) is 1. The Bertz CT molecular complexity index is 446. The van der Waals surface area contributed by atoms with Gasteiger partial charge in [0.25, 0.3) is 0 Å². The van der Waals surface area contributed by atoms with Crippen LogP contribution in [0.25, 0.3) is 0 Å². The molecule has 0 radical (unpaired) electrons. The van der Waals surface area contributed by atoms with Gasteiger partial charge in [0.15, 0.2) is 0 Å². The van der Waals surface area contributed by atoms with Crippen LogP contribution in [0.15, 0.2) is 24.5 Å². The van der Waals surface area contributed by atoms with Gasteiger partial charge in [-0.15, -0.1) is 0 Å². The van der Waals surface area contributed by atoms with Crippen molar-refractivity contribution in [3.8, 4) is 0 Å². The van der Waals surface area contributed by atoms with E-state index < -0.39 is 13.8 Å². The van der Waals surface area contributed by atoms with Crippen LogP contribution >= 0.6 is 7.82 Å². The summed E-state index contributed by atoms with van der Waals surface area (Å²) >= 11 is 0. The molecule has 1 N–H and O–H groups in total. The summed E-state index contributed by atoms with van der Waals surface area (Å²) < 4.78 is 25.1. The fraction of sp³-hybridized carbons (Fsp3) is 0.333. The van der Waals surface area contributed by atoms with Crippen LogP contribution in [0.1, 0.15) is 10.4 Å². The molecule has 0 saturated carbocycles. The molecule has 2 atom stereocenters. The largest absolute Gasteiger partial charge is 0.529 e. The highest BCUT2D eigenvalue weighted by molar-refractivity contribution is 7.48. The summed E-state index contributed by atoms with van der Waals surface area (Å²) in [6.07, 6.45) is 2.51. The minimum Gasteiger partial charge on any atom is -0.371 e. The smallest absolute Gasteiger partial charge is 0.371 e. The molecule has 7 nitrogen and oxygen atoms in total. The third-order valence-corrected chi connectivity index (χ3v) is 2.79. The van der Waals surface area contributed by atoms with Crippen LogP contribution in [0.4, 0.5) is 0 Å². The normalized spacial score (nSPS) is 21.6. The Hall–Kier alpha value is -1.27. The van der Waals surface area contributed by atoms with Crippen molar-refractivity contribution in [3.63, 3.8) is 0 Å². The maximum Gasteiger partial charge on any atom is 0.529 e. The Morgan fingerprint density at radius 2 is 2.47 bits per heavy atom.